The molecule has 0 bridgehead atoms. The maximum Gasteiger partial charge on any atom is 0.272 e. The van der Waals surface area contributed by atoms with E-state index in [1.165, 1.54) is 4.90 Å². The highest BCUT2D eigenvalue weighted by Gasteiger charge is 2.35. The Morgan fingerprint density at radius 3 is 2.54 bits per heavy atom. The lowest BCUT2D eigenvalue weighted by atomic mass is 10.1. The van der Waals surface area contributed by atoms with Crippen LogP contribution in [0.2, 0.25) is 0 Å². The number of likely N-dealkylation sites (tertiary alicyclic amines) is 1. The Hall–Kier alpha value is -2.97. The van der Waals surface area contributed by atoms with Crippen molar-refractivity contribution >= 4 is 23.6 Å². The predicted octanol–water partition coefficient (Wildman–Crippen LogP) is -0.465. The summed E-state index contributed by atoms with van der Waals surface area (Å²) in [4.78, 5) is 48.9. The summed E-state index contributed by atoms with van der Waals surface area (Å²) in [5.41, 5.74) is 8.03. The van der Waals surface area contributed by atoms with Crippen LogP contribution in [0.1, 0.15) is 18.4 Å². The molecule has 1 aliphatic heterocycles. The molecule has 9 heteroatoms. The number of hydrogen-bond acceptors (Lipinski definition) is 4. The van der Waals surface area contributed by atoms with Gasteiger partial charge in [0.25, 0.3) is 11.8 Å². The summed E-state index contributed by atoms with van der Waals surface area (Å²) in [7, 11) is 0. The lowest BCUT2D eigenvalue weighted by Gasteiger charge is -2.27. The Labute approximate surface area is 150 Å². The number of halogens is 1. The Morgan fingerprint density at radius 2 is 1.92 bits per heavy atom. The monoisotopic (exact) mass is 364 g/mol. The smallest absolute Gasteiger partial charge is 0.272 e. The normalized spacial score (nSPS) is 16.2. The molecule has 2 rings (SSSR count). The maximum absolute atomic E-state index is 12.6. The zero-order chi connectivity index (χ0) is 19.1. The molecule has 1 aliphatic rings. The minimum absolute atomic E-state index is 0.152. The van der Waals surface area contributed by atoms with E-state index in [0.29, 0.717) is 24.4 Å². The molecule has 0 aromatic heterocycles. The first-order valence-electron chi connectivity index (χ1n) is 8.21. The first kappa shape index (κ1) is 19.4. The van der Waals surface area contributed by atoms with Gasteiger partial charge in [-0.25, -0.2) is 9.40 Å². The lowest BCUT2D eigenvalue weighted by molar-refractivity contribution is -0.148. The van der Waals surface area contributed by atoms with Crippen molar-refractivity contribution in [3.63, 3.8) is 0 Å². The summed E-state index contributed by atoms with van der Waals surface area (Å²) in [6, 6.07) is 8.33. The second-order valence-corrected chi connectivity index (χ2v) is 5.96. The molecule has 26 heavy (non-hydrogen) atoms. The summed E-state index contributed by atoms with van der Waals surface area (Å²) in [6.45, 7) is -1.61. The van der Waals surface area contributed by atoms with Gasteiger partial charge in [0.05, 0.1) is 6.42 Å². The number of nitrogens with one attached hydrogen (secondary N) is 1. The number of hydrazine groups is 1. The number of benzene rings is 1. The van der Waals surface area contributed by atoms with Crippen LogP contribution in [0.15, 0.2) is 30.3 Å². The summed E-state index contributed by atoms with van der Waals surface area (Å²) in [5, 5.41) is 0.544. The first-order chi connectivity index (χ1) is 12.4. The topological polar surface area (TPSA) is 113 Å². The number of amides is 4. The zero-order valence-electron chi connectivity index (χ0n) is 14.2. The van der Waals surface area contributed by atoms with Crippen molar-refractivity contribution in [2.45, 2.75) is 25.3 Å². The van der Waals surface area contributed by atoms with Crippen molar-refractivity contribution < 1.29 is 23.6 Å². The van der Waals surface area contributed by atoms with Crippen molar-refractivity contribution in [3.8, 4) is 0 Å². The SMILES string of the molecule is NC(=O)CN(NC(=O)[C@@H]1CCCN1C(=O)Cc1ccccc1)C(=O)CF. The van der Waals surface area contributed by atoms with E-state index in [-0.39, 0.29) is 12.3 Å². The highest BCUT2D eigenvalue weighted by Crippen LogP contribution is 2.19. The van der Waals surface area contributed by atoms with Crippen molar-refractivity contribution in [1.29, 1.82) is 0 Å². The Kier molecular flexibility index (Phi) is 6.65. The lowest BCUT2D eigenvalue weighted by Crippen LogP contribution is -2.55. The average Bonchev–Trinajstić information content (AvgIpc) is 3.11. The molecule has 140 valence electrons. The third-order valence-corrected chi connectivity index (χ3v) is 4.05. The summed E-state index contributed by atoms with van der Waals surface area (Å²) in [5.74, 6) is -2.84. The molecular formula is C17H21FN4O4. The molecule has 8 nitrogen and oxygen atoms in total. The molecule has 1 aromatic carbocycles. The number of nitrogens with zero attached hydrogens (tertiary/aromatic N) is 2. The number of carbonyl (C=O) groups excluding carboxylic acids is 4. The van der Waals surface area contributed by atoms with Gasteiger partial charge in [-0.05, 0) is 18.4 Å². The quantitative estimate of drug-likeness (QED) is 0.665. The fourth-order valence-electron chi connectivity index (χ4n) is 2.84. The summed E-state index contributed by atoms with van der Waals surface area (Å²) in [6.07, 6.45) is 1.20. The molecular weight excluding hydrogens is 343 g/mol. The first-order valence-corrected chi connectivity index (χ1v) is 8.21. The van der Waals surface area contributed by atoms with Gasteiger partial charge in [-0.15, -0.1) is 0 Å². The molecule has 0 radical (unpaired) electrons. The molecule has 1 aromatic rings. The van der Waals surface area contributed by atoms with Crippen LogP contribution in [-0.4, -0.2) is 59.3 Å². The van der Waals surface area contributed by atoms with Gasteiger partial charge in [0.2, 0.25) is 11.8 Å². The molecule has 0 aliphatic carbocycles. The zero-order valence-corrected chi connectivity index (χ0v) is 14.2. The van der Waals surface area contributed by atoms with Gasteiger partial charge >= 0.3 is 0 Å². The van der Waals surface area contributed by atoms with Crippen LogP contribution in [0.25, 0.3) is 0 Å². The highest BCUT2D eigenvalue weighted by atomic mass is 19.1. The molecule has 3 N–H and O–H groups in total. The van der Waals surface area contributed by atoms with Crippen LogP contribution >= 0.6 is 0 Å². The van der Waals surface area contributed by atoms with Crippen molar-refractivity contribution in [3.05, 3.63) is 35.9 Å². The van der Waals surface area contributed by atoms with Crippen LogP contribution in [0.5, 0.6) is 0 Å². The fraction of sp³-hybridized carbons (Fsp3) is 0.412. The summed E-state index contributed by atoms with van der Waals surface area (Å²) < 4.78 is 12.6. The summed E-state index contributed by atoms with van der Waals surface area (Å²) >= 11 is 0. The predicted molar refractivity (Wildman–Crippen MR) is 89.9 cm³/mol. The van der Waals surface area contributed by atoms with E-state index in [9.17, 15) is 23.6 Å². The minimum Gasteiger partial charge on any atom is -0.368 e. The minimum atomic E-state index is -1.38. The van der Waals surface area contributed by atoms with Crippen LogP contribution in [0, 0.1) is 0 Å². The van der Waals surface area contributed by atoms with Crippen molar-refractivity contribution in [2.75, 3.05) is 19.8 Å². The van der Waals surface area contributed by atoms with Crippen LogP contribution < -0.4 is 11.2 Å². The number of carbonyl (C=O) groups is 4. The number of rotatable bonds is 6. The van der Waals surface area contributed by atoms with Crippen molar-refractivity contribution in [2.24, 2.45) is 5.73 Å². The molecule has 1 heterocycles. The standard InChI is InChI=1S/C17H21FN4O4/c18-10-16(25)22(11-14(19)23)20-17(26)13-7-4-8-21(13)15(24)9-12-5-2-1-3-6-12/h1-3,5-6,13H,4,7-11H2,(H2,19,23)(H,20,26)/t13-/m0/s1. The van der Waals surface area contributed by atoms with E-state index in [1.54, 1.807) is 0 Å². The van der Waals surface area contributed by atoms with Gasteiger partial charge in [-0.3, -0.25) is 24.6 Å². The van der Waals surface area contributed by atoms with E-state index < -0.39 is 37.0 Å². The van der Waals surface area contributed by atoms with Crippen LogP contribution in [-0.2, 0) is 25.6 Å². The number of hydrogen-bond donors (Lipinski definition) is 2. The number of alkyl halides is 1. The highest BCUT2D eigenvalue weighted by molar-refractivity contribution is 5.91. The van der Waals surface area contributed by atoms with Gasteiger partial charge < -0.3 is 10.6 Å². The van der Waals surface area contributed by atoms with Gasteiger partial charge in [0, 0.05) is 6.54 Å². The van der Waals surface area contributed by atoms with Gasteiger partial charge in [-0.1, -0.05) is 30.3 Å². The third kappa shape index (κ3) is 5.01. The number of primary amides is 1. The molecule has 1 atom stereocenters. The Bertz CT molecular complexity index is 683. The van der Waals surface area contributed by atoms with Gasteiger partial charge in [0.1, 0.15) is 12.6 Å². The second kappa shape index (κ2) is 8.93. The Balaban J connectivity index is 2.03. The molecule has 1 fully saturated rings. The Morgan fingerprint density at radius 1 is 1.23 bits per heavy atom. The average molecular weight is 364 g/mol. The number of nitrogens with two attached hydrogens (primary N) is 1. The molecule has 4 amide bonds. The maximum atomic E-state index is 12.6. The van der Waals surface area contributed by atoms with Crippen LogP contribution in [0.4, 0.5) is 4.39 Å². The van der Waals surface area contributed by atoms with E-state index in [4.69, 9.17) is 5.73 Å². The van der Waals surface area contributed by atoms with E-state index in [0.717, 1.165) is 5.56 Å². The third-order valence-electron chi connectivity index (χ3n) is 4.05. The van der Waals surface area contributed by atoms with E-state index in [2.05, 4.69) is 5.43 Å². The van der Waals surface area contributed by atoms with Crippen molar-refractivity contribution in [1.82, 2.24) is 15.3 Å². The van der Waals surface area contributed by atoms with E-state index >= 15 is 0 Å². The van der Waals surface area contributed by atoms with E-state index in [1.807, 2.05) is 30.3 Å². The van der Waals surface area contributed by atoms with Gasteiger partial charge in [0.15, 0.2) is 6.67 Å². The van der Waals surface area contributed by atoms with Crippen LogP contribution in [0.3, 0.4) is 0 Å². The largest absolute Gasteiger partial charge is 0.368 e. The second-order valence-electron chi connectivity index (χ2n) is 5.96. The molecule has 0 saturated carbocycles. The molecule has 0 spiro atoms. The van der Waals surface area contributed by atoms with Gasteiger partial charge in [-0.2, -0.15) is 0 Å². The molecule has 1 saturated heterocycles. The molecule has 0 unspecified atom stereocenters. The fourth-order valence-corrected chi connectivity index (χ4v) is 2.84.